The Kier molecular flexibility index (Phi) is 34.4. The van der Waals surface area contributed by atoms with Crippen molar-refractivity contribution in [2.24, 2.45) is 0 Å². The van der Waals surface area contributed by atoms with Crippen LogP contribution in [-0.2, 0) is 43.0 Å². The number of rotatable bonds is 13. The van der Waals surface area contributed by atoms with Crippen LogP contribution >= 0.6 is 0 Å². The number of esters is 3. The molecule has 0 saturated carbocycles. The van der Waals surface area contributed by atoms with Gasteiger partial charge < -0.3 is 43.9 Å². The first-order valence-electron chi connectivity index (χ1n) is 9.67. The topological polar surface area (TPSA) is 199 Å². The second kappa shape index (κ2) is 31.8. The molecule has 0 unspecified atom stereocenters. The van der Waals surface area contributed by atoms with E-state index in [1.165, 1.54) is 22.7 Å². The zero-order valence-corrected chi connectivity index (χ0v) is 22.7. The average Bonchev–Trinajstić information content (AvgIpc) is 2.86. The molecule has 12 nitrogen and oxygen atoms in total. The summed E-state index contributed by atoms with van der Waals surface area (Å²) in [6, 6.07) is 0. The van der Waals surface area contributed by atoms with E-state index in [-0.39, 0.29) is 19.8 Å². The van der Waals surface area contributed by atoms with Crippen molar-refractivity contribution in [1.29, 1.82) is 0 Å². The van der Waals surface area contributed by atoms with Gasteiger partial charge in [-0.25, -0.2) is 14.4 Å². The standard InChI is InChI=1S/3C7H8O4.C3H5.Sn/c3*1-2-5-11-7(10)4-3-6(8)9;1-3-2;/h3*2-4H,1,5H2,(H,8,9);3H,1-2H2;/q;;;;+3/p-3/b3*4-3-;;. The van der Waals surface area contributed by atoms with E-state index in [0.29, 0.717) is 18.2 Å². The predicted molar refractivity (Wildman–Crippen MR) is 127 cm³/mol. The third kappa shape index (κ3) is 49.9. The number of carboxylic acids is 3. The molecule has 0 atom stereocenters. The maximum atomic E-state index is 10.5. The summed E-state index contributed by atoms with van der Waals surface area (Å²) >= 11 is 1.55. The van der Waals surface area contributed by atoms with Gasteiger partial charge in [-0.1, -0.05) is 38.0 Å². The van der Waals surface area contributed by atoms with Gasteiger partial charge in [0.2, 0.25) is 0 Å². The fourth-order valence-corrected chi connectivity index (χ4v) is 0.976. The summed E-state index contributed by atoms with van der Waals surface area (Å²) in [5, 5.41) is 29.3. The molecule has 0 aliphatic rings. The average molecular weight is 625 g/mol. The third-order valence-corrected chi connectivity index (χ3v) is 3.07. The number of ether oxygens (including phenoxy) is 3. The molecule has 198 valence electrons. The van der Waals surface area contributed by atoms with Crippen LogP contribution in [0.1, 0.15) is 0 Å². The van der Waals surface area contributed by atoms with Gasteiger partial charge in [-0.3, -0.25) is 0 Å². The first kappa shape index (κ1) is 40.0. The zero-order chi connectivity index (χ0) is 29.5. The molecular formula is C24H26O12Sn. The Morgan fingerprint density at radius 3 is 0.865 bits per heavy atom. The molecule has 37 heavy (non-hydrogen) atoms. The fourth-order valence-electron chi connectivity index (χ4n) is 0.976. The second-order valence-corrected chi connectivity index (χ2v) is 6.37. The zero-order valence-electron chi connectivity index (χ0n) is 19.8. The Balaban J connectivity index is -0.000000205. The van der Waals surface area contributed by atoms with E-state index in [2.05, 4.69) is 40.5 Å². The van der Waals surface area contributed by atoms with Crippen molar-refractivity contribution in [2.45, 2.75) is 4.44 Å². The van der Waals surface area contributed by atoms with Gasteiger partial charge in [0.25, 0.3) is 0 Å². The number of carboxylic acid groups (broad SMARTS) is 3. The monoisotopic (exact) mass is 626 g/mol. The van der Waals surface area contributed by atoms with E-state index in [0.717, 1.165) is 18.2 Å². The minimum absolute atomic E-state index is 0.0657. The molecule has 0 rings (SSSR count). The van der Waals surface area contributed by atoms with Crippen LogP contribution in [0.15, 0.2) is 87.1 Å². The Bertz CT molecular complexity index is 749. The summed E-state index contributed by atoms with van der Waals surface area (Å²) in [7, 11) is 0. The third-order valence-electron chi connectivity index (χ3n) is 2.24. The van der Waals surface area contributed by atoms with Gasteiger partial charge in [0.15, 0.2) is 0 Å². The van der Waals surface area contributed by atoms with Gasteiger partial charge in [0.1, 0.15) is 19.8 Å². The second-order valence-electron chi connectivity index (χ2n) is 5.21. The van der Waals surface area contributed by atoms with E-state index < -0.39 is 35.8 Å². The van der Waals surface area contributed by atoms with Crippen LogP contribution in [0, 0.1) is 0 Å². The molecule has 0 fully saturated rings. The van der Waals surface area contributed by atoms with Gasteiger partial charge in [-0.15, -0.1) is 0 Å². The molecule has 0 aliphatic heterocycles. The van der Waals surface area contributed by atoms with Crippen molar-refractivity contribution in [1.82, 2.24) is 0 Å². The van der Waals surface area contributed by atoms with Crippen LogP contribution in [-0.4, -0.2) is 78.2 Å². The van der Waals surface area contributed by atoms with Crippen LogP contribution in [0.3, 0.4) is 0 Å². The summed E-state index contributed by atoms with van der Waals surface area (Å²) < 4.78 is 14.4. The van der Waals surface area contributed by atoms with Gasteiger partial charge in [-0.05, 0) is 18.2 Å². The molecule has 0 N–H and O–H groups in total. The van der Waals surface area contributed by atoms with Gasteiger partial charge in [-0.2, -0.15) is 0 Å². The maximum absolute atomic E-state index is 10.5. The molecule has 0 aromatic carbocycles. The van der Waals surface area contributed by atoms with Crippen molar-refractivity contribution in [3.63, 3.8) is 0 Å². The number of hydrogen-bond acceptors (Lipinski definition) is 12. The number of aliphatic carboxylic acids is 3. The quantitative estimate of drug-likeness (QED) is 0.0707. The van der Waals surface area contributed by atoms with Gasteiger partial charge in [0.05, 0.1) is 17.9 Å². The molecule has 0 radical (unpaired) electrons. The molecule has 0 aliphatic carbocycles. The van der Waals surface area contributed by atoms with E-state index in [1.54, 1.807) is 22.5 Å². The molecule has 0 saturated heterocycles. The first-order valence-corrected chi connectivity index (χ1v) is 11.7. The van der Waals surface area contributed by atoms with Gasteiger partial charge >= 0.3 is 57.5 Å². The summed E-state index contributed by atoms with van der Waals surface area (Å²) in [6.07, 6.45) is 10.2. The van der Waals surface area contributed by atoms with E-state index in [9.17, 15) is 44.1 Å². The van der Waals surface area contributed by atoms with E-state index in [1.807, 2.05) is 6.08 Å². The summed E-state index contributed by atoms with van der Waals surface area (Å²) in [4.78, 5) is 60.6. The summed E-state index contributed by atoms with van der Waals surface area (Å²) in [6.45, 7) is 13.6. The molecule has 0 bridgehead atoms. The van der Waals surface area contributed by atoms with Crippen LogP contribution in [0.5, 0.6) is 0 Å². The number of hydrogen-bond donors (Lipinski definition) is 0. The summed E-state index contributed by atoms with van der Waals surface area (Å²) in [5.74, 6) is -6.47. The number of allylic oxidation sites excluding steroid dienone is 1. The fraction of sp³-hybridized carbons (Fsp3) is 0.167. The van der Waals surface area contributed by atoms with Crippen LogP contribution in [0.4, 0.5) is 0 Å². The SMILES string of the molecule is C=CCOC(=O)/C=C\C(=O)[O-].C=CCOC(=O)/C=C\C(=O)[O-].C=CCOC(=O)/C=C\C(=O)[O-].C=C[CH2][Sn+3]. The Labute approximate surface area is 227 Å². The van der Waals surface area contributed by atoms with Crippen LogP contribution < -0.4 is 15.3 Å². The van der Waals surface area contributed by atoms with Crippen molar-refractivity contribution in [3.8, 4) is 0 Å². The molecule has 0 spiro atoms. The van der Waals surface area contributed by atoms with Crippen molar-refractivity contribution < 1.29 is 58.3 Å². The number of carbonyl (C=O) groups is 6. The number of carbonyl (C=O) groups excluding carboxylic acids is 6. The van der Waals surface area contributed by atoms with Crippen LogP contribution in [0.2, 0.25) is 4.44 Å². The van der Waals surface area contributed by atoms with Crippen molar-refractivity contribution in [3.05, 3.63) is 87.1 Å². The molecular weight excluding hydrogens is 599 g/mol. The van der Waals surface area contributed by atoms with Crippen LogP contribution in [0.25, 0.3) is 0 Å². The Morgan fingerprint density at radius 1 is 0.514 bits per heavy atom. The van der Waals surface area contributed by atoms with E-state index in [4.69, 9.17) is 0 Å². The molecule has 0 amide bonds. The van der Waals surface area contributed by atoms with Crippen molar-refractivity contribution >= 4 is 58.3 Å². The Hall–Kier alpha value is -4.20. The van der Waals surface area contributed by atoms with E-state index >= 15 is 0 Å². The molecule has 0 aromatic rings. The first-order chi connectivity index (χ1) is 17.4. The molecule has 13 heteroatoms. The molecule has 0 heterocycles. The molecule has 0 aromatic heterocycles. The van der Waals surface area contributed by atoms with Gasteiger partial charge in [0, 0.05) is 18.2 Å². The predicted octanol–water partition coefficient (Wildman–Crippen LogP) is -2.18. The normalized spacial score (nSPS) is 9.14. The summed E-state index contributed by atoms with van der Waals surface area (Å²) in [5.41, 5.74) is 0. The van der Waals surface area contributed by atoms with Crippen molar-refractivity contribution in [2.75, 3.05) is 19.8 Å². The minimum atomic E-state index is -1.43. The Morgan fingerprint density at radius 2 is 0.730 bits per heavy atom.